The lowest BCUT2D eigenvalue weighted by Gasteiger charge is -2.61. The molecule has 0 spiro atoms. The zero-order valence-electron chi connectivity index (χ0n) is 18.4. The number of carbonyl (C=O) groups excluding carboxylic acids is 1. The van der Waals surface area contributed by atoms with Crippen molar-refractivity contribution in [1.29, 1.82) is 0 Å². The van der Waals surface area contributed by atoms with Crippen molar-refractivity contribution in [3.63, 3.8) is 0 Å². The highest BCUT2D eigenvalue weighted by atomic mass is 32.2. The summed E-state index contributed by atoms with van der Waals surface area (Å²) in [6.45, 7) is 4.86. The first-order valence-corrected chi connectivity index (χ1v) is 12.9. The zero-order chi connectivity index (χ0) is 21.1. The summed E-state index contributed by atoms with van der Waals surface area (Å²) < 4.78 is 0. The summed E-state index contributed by atoms with van der Waals surface area (Å²) in [7, 11) is 0. The van der Waals surface area contributed by atoms with E-state index in [0.29, 0.717) is 29.0 Å². The molecule has 4 aliphatic carbocycles. The molecule has 0 saturated heterocycles. The Bertz CT molecular complexity index is 822. The van der Waals surface area contributed by atoms with E-state index in [1.54, 1.807) is 23.9 Å². The largest absolute Gasteiger partial charge is 0.508 e. The molecular formula is C26H36O3S. The minimum atomic E-state index is -0.620. The average molecular weight is 429 g/mol. The second kappa shape index (κ2) is 7.27. The van der Waals surface area contributed by atoms with Crippen LogP contribution in [-0.2, 0) is 4.79 Å². The van der Waals surface area contributed by atoms with Crippen molar-refractivity contribution in [1.82, 2.24) is 0 Å². The number of Topliss-reactive ketones (excluding diaryl/α,β-unsaturated/α-hetero) is 1. The number of carbonyl (C=O) groups is 1. The Morgan fingerprint density at radius 2 is 1.73 bits per heavy atom. The topological polar surface area (TPSA) is 57.5 Å². The van der Waals surface area contributed by atoms with Gasteiger partial charge in [0.15, 0.2) is 0 Å². The van der Waals surface area contributed by atoms with Crippen molar-refractivity contribution in [3.8, 4) is 5.75 Å². The third-order valence-electron chi connectivity index (χ3n) is 10.1. The second-order valence-electron chi connectivity index (χ2n) is 11.2. The lowest BCUT2D eigenvalue weighted by Crippen LogP contribution is -2.57. The number of rotatable bonds is 3. The van der Waals surface area contributed by atoms with Gasteiger partial charge in [0.2, 0.25) is 0 Å². The number of benzene rings is 1. The highest BCUT2D eigenvalue weighted by Gasteiger charge is 2.64. The van der Waals surface area contributed by atoms with Gasteiger partial charge in [-0.05, 0) is 98.3 Å². The molecule has 4 aliphatic rings. The van der Waals surface area contributed by atoms with Crippen molar-refractivity contribution in [3.05, 3.63) is 24.3 Å². The van der Waals surface area contributed by atoms with Gasteiger partial charge in [-0.3, -0.25) is 4.79 Å². The van der Waals surface area contributed by atoms with E-state index in [4.69, 9.17) is 0 Å². The number of aromatic hydroxyl groups is 1. The Kier molecular flexibility index (Phi) is 5.06. The standard InChI is InChI=1S/C26H36O3S/c1-24-12-9-19(28)15-17(24)3-8-21-22(24)10-13-25(2)23(21)11-14-26(25,29)16-30-20-6-4-18(27)5-7-20/h4-7,17,21-23,27,29H,3,8-16H2,1-2H3/t17-,21+,22-,23-,24-,25-,26+/m0/s1. The summed E-state index contributed by atoms with van der Waals surface area (Å²) in [5.74, 6) is 4.15. The van der Waals surface area contributed by atoms with E-state index < -0.39 is 5.60 Å². The molecule has 0 heterocycles. The maximum atomic E-state index is 12.1. The van der Waals surface area contributed by atoms with Crippen LogP contribution in [0.4, 0.5) is 0 Å². The Morgan fingerprint density at radius 3 is 2.50 bits per heavy atom. The van der Waals surface area contributed by atoms with Crippen molar-refractivity contribution in [2.75, 3.05) is 5.75 Å². The summed E-state index contributed by atoms with van der Waals surface area (Å²) in [6.07, 6.45) is 9.51. The van der Waals surface area contributed by atoms with Crippen LogP contribution in [0.5, 0.6) is 5.75 Å². The molecule has 4 saturated carbocycles. The first-order chi connectivity index (χ1) is 14.3. The van der Waals surface area contributed by atoms with Crippen LogP contribution in [0.25, 0.3) is 0 Å². The number of thioether (sulfide) groups is 1. The van der Waals surface area contributed by atoms with Crippen LogP contribution in [0.15, 0.2) is 29.2 Å². The second-order valence-corrected chi connectivity index (χ2v) is 12.3. The predicted octanol–water partition coefficient (Wildman–Crippen LogP) is 5.83. The third-order valence-corrected chi connectivity index (χ3v) is 11.3. The SMILES string of the molecule is C[C@]12CCC(=O)C[C@@H]1CC[C@@H]1[C@@H]2CC[C@@]2(C)[C@H]1CC[C@@]2(O)CSc1ccc(O)cc1. The quantitative estimate of drug-likeness (QED) is 0.595. The molecule has 4 heteroatoms. The van der Waals surface area contributed by atoms with Gasteiger partial charge in [-0.25, -0.2) is 0 Å². The molecule has 0 aromatic heterocycles. The molecule has 0 unspecified atom stereocenters. The summed E-state index contributed by atoms with van der Waals surface area (Å²) in [6, 6.07) is 7.35. The van der Waals surface area contributed by atoms with Crippen LogP contribution in [0, 0.1) is 34.5 Å². The number of hydrogen-bond acceptors (Lipinski definition) is 4. The fraction of sp³-hybridized carbons (Fsp3) is 0.731. The van der Waals surface area contributed by atoms with Gasteiger partial charge < -0.3 is 10.2 Å². The lowest BCUT2D eigenvalue weighted by molar-refractivity contribution is -0.152. The van der Waals surface area contributed by atoms with Crippen LogP contribution in [0.2, 0.25) is 0 Å². The van der Waals surface area contributed by atoms with Gasteiger partial charge in [0.25, 0.3) is 0 Å². The van der Waals surface area contributed by atoms with Gasteiger partial charge >= 0.3 is 0 Å². The van der Waals surface area contributed by atoms with Crippen LogP contribution in [0.1, 0.15) is 71.6 Å². The fourth-order valence-corrected chi connectivity index (χ4v) is 9.35. The van der Waals surface area contributed by atoms with E-state index in [1.807, 2.05) is 12.1 Å². The lowest BCUT2D eigenvalue weighted by atomic mass is 9.44. The number of phenols is 1. The molecule has 4 fully saturated rings. The number of hydrogen-bond donors (Lipinski definition) is 2. The molecular weight excluding hydrogens is 392 g/mol. The van der Waals surface area contributed by atoms with E-state index in [2.05, 4.69) is 13.8 Å². The zero-order valence-corrected chi connectivity index (χ0v) is 19.2. The Hall–Kier alpha value is -1.00. The summed E-state index contributed by atoms with van der Waals surface area (Å²) >= 11 is 1.73. The van der Waals surface area contributed by atoms with Crippen molar-refractivity contribution in [2.24, 2.45) is 34.5 Å². The van der Waals surface area contributed by atoms with Gasteiger partial charge in [0, 0.05) is 28.9 Å². The normalized spacial score (nSPS) is 45.5. The van der Waals surface area contributed by atoms with Gasteiger partial charge in [-0.15, -0.1) is 11.8 Å². The molecule has 30 heavy (non-hydrogen) atoms. The maximum absolute atomic E-state index is 12.1. The number of ketones is 1. The van der Waals surface area contributed by atoms with E-state index in [-0.39, 0.29) is 11.2 Å². The van der Waals surface area contributed by atoms with E-state index in [0.717, 1.165) is 55.1 Å². The van der Waals surface area contributed by atoms with Crippen LogP contribution in [-0.4, -0.2) is 27.4 Å². The third kappa shape index (κ3) is 3.08. The molecule has 1 aromatic rings. The van der Waals surface area contributed by atoms with E-state index >= 15 is 0 Å². The average Bonchev–Trinajstić information content (AvgIpc) is 2.99. The van der Waals surface area contributed by atoms with Crippen molar-refractivity contribution >= 4 is 17.5 Å². The van der Waals surface area contributed by atoms with Crippen molar-refractivity contribution < 1.29 is 15.0 Å². The van der Waals surface area contributed by atoms with Gasteiger partial charge in [0.1, 0.15) is 11.5 Å². The molecule has 1 aromatic carbocycles. The molecule has 2 N–H and O–H groups in total. The summed E-state index contributed by atoms with van der Waals surface area (Å²) in [4.78, 5) is 13.2. The van der Waals surface area contributed by atoms with Gasteiger partial charge in [0.05, 0.1) is 5.60 Å². The van der Waals surface area contributed by atoms with Crippen LogP contribution in [0.3, 0.4) is 0 Å². The molecule has 0 amide bonds. The first kappa shape index (κ1) is 20.9. The molecule has 3 nitrogen and oxygen atoms in total. The Labute approximate surface area is 185 Å². The van der Waals surface area contributed by atoms with E-state index in [9.17, 15) is 15.0 Å². The molecule has 0 radical (unpaired) electrons. The highest BCUT2D eigenvalue weighted by molar-refractivity contribution is 7.99. The monoisotopic (exact) mass is 428 g/mol. The van der Waals surface area contributed by atoms with Gasteiger partial charge in [-0.2, -0.15) is 0 Å². The van der Waals surface area contributed by atoms with Crippen LogP contribution < -0.4 is 0 Å². The van der Waals surface area contributed by atoms with Gasteiger partial charge in [-0.1, -0.05) is 13.8 Å². The minimum Gasteiger partial charge on any atom is -0.508 e. The molecule has 5 rings (SSSR count). The van der Waals surface area contributed by atoms with Crippen molar-refractivity contribution in [2.45, 2.75) is 82.1 Å². The minimum absolute atomic E-state index is 0.00817. The number of fused-ring (bicyclic) bond motifs is 5. The van der Waals surface area contributed by atoms with E-state index in [1.165, 1.54) is 19.3 Å². The summed E-state index contributed by atoms with van der Waals surface area (Å²) in [5, 5.41) is 21.4. The Morgan fingerprint density at radius 1 is 1.00 bits per heavy atom. The molecule has 7 atom stereocenters. The highest BCUT2D eigenvalue weighted by Crippen LogP contribution is 2.68. The molecule has 0 aliphatic heterocycles. The maximum Gasteiger partial charge on any atom is 0.133 e. The Balaban J connectivity index is 1.34. The predicted molar refractivity (Wildman–Crippen MR) is 121 cm³/mol. The molecule has 0 bridgehead atoms. The smallest absolute Gasteiger partial charge is 0.133 e. The first-order valence-electron chi connectivity index (χ1n) is 11.9. The van der Waals surface area contributed by atoms with Crippen LogP contribution >= 0.6 is 11.8 Å². The molecule has 164 valence electrons. The fourth-order valence-electron chi connectivity index (χ4n) is 8.14. The summed E-state index contributed by atoms with van der Waals surface area (Å²) in [5.41, 5.74) is -0.295. The number of aliphatic hydroxyl groups is 1. The number of phenolic OH excluding ortho intramolecular Hbond substituents is 1.